The molecule has 0 spiro atoms. The van der Waals surface area contributed by atoms with Crippen LogP contribution < -0.4 is 11.1 Å². The number of amides is 1. The van der Waals surface area contributed by atoms with Gasteiger partial charge in [-0.15, -0.1) is 0 Å². The second-order valence-electron chi connectivity index (χ2n) is 10.2. The molecule has 0 bridgehead atoms. The number of nitrogens with one attached hydrogen (secondary N) is 1. The van der Waals surface area contributed by atoms with Gasteiger partial charge >= 0.3 is 0 Å². The Morgan fingerprint density at radius 2 is 1.85 bits per heavy atom. The third-order valence-electron chi connectivity index (χ3n) is 7.32. The maximum atomic E-state index is 13.6. The van der Waals surface area contributed by atoms with E-state index in [-0.39, 0.29) is 11.5 Å². The molecule has 200 valence electrons. The minimum atomic E-state index is -0.730. The number of rotatable bonds is 4. The molecule has 39 heavy (non-hydrogen) atoms. The van der Waals surface area contributed by atoms with Crippen LogP contribution in [0.3, 0.4) is 0 Å². The van der Waals surface area contributed by atoms with Gasteiger partial charge in [0.25, 0.3) is 5.91 Å². The van der Waals surface area contributed by atoms with Crippen molar-refractivity contribution in [3.8, 4) is 0 Å². The molecular formula is C32H31ClFN3O2. The smallest absolute Gasteiger partial charge is 0.268 e. The lowest BCUT2D eigenvalue weighted by atomic mass is 9.96. The van der Waals surface area contributed by atoms with Crippen molar-refractivity contribution in [1.82, 2.24) is 5.32 Å². The number of carbonyl (C=O) groups excluding carboxylic acids is 1. The summed E-state index contributed by atoms with van der Waals surface area (Å²) in [5, 5.41) is 14.1. The van der Waals surface area contributed by atoms with Gasteiger partial charge in [-0.2, -0.15) is 0 Å². The number of aliphatic hydroxyl groups is 1. The van der Waals surface area contributed by atoms with E-state index in [0.29, 0.717) is 41.3 Å². The summed E-state index contributed by atoms with van der Waals surface area (Å²) in [6.07, 6.45) is 4.68. The number of allylic oxidation sites excluding steroid dienone is 2. The molecule has 0 aliphatic heterocycles. The summed E-state index contributed by atoms with van der Waals surface area (Å²) in [5.41, 5.74) is 13.1. The number of hydrogen-bond acceptors (Lipinski definition) is 4. The summed E-state index contributed by atoms with van der Waals surface area (Å²) in [4.78, 5) is 18.5. The van der Waals surface area contributed by atoms with Crippen LogP contribution in [0.25, 0.3) is 6.08 Å². The van der Waals surface area contributed by atoms with Crippen molar-refractivity contribution in [2.45, 2.75) is 51.2 Å². The van der Waals surface area contributed by atoms with Crippen LogP contribution in [0.15, 0.2) is 88.6 Å². The highest BCUT2D eigenvalue weighted by Crippen LogP contribution is 2.34. The topological polar surface area (TPSA) is 87.7 Å². The molecule has 2 atom stereocenters. The molecule has 0 aromatic heterocycles. The van der Waals surface area contributed by atoms with E-state index in [1.165, 1.54) is 12.1 Å². The Hall–Kier alpha value is -3.74. The number of carbonyl (C=O) groups is 1. The maximum Gasteiger partial charge on any atom is 0.268 e. The molecule has 2 aliphatic carbocycles. The quantitative estimate of drug-likeness (QED) is 0.259. The van der Waals surface area contributed by atoms with E-state index in [9.17, 15) is 14.3 Å². The standard InChI is InChI=1S/C32H31ClFN3O2/c1-19-10-15-27(26(33)16-19)36-30-22(17-20-11-13-23(34)14-12-20)7-3-5-9-25(30)29(35)32(39)37-31-24-8-4-2-6-21(24)18-28(31)38/h2,4,6,8,10-17,28,31,38H,3,5,7,9,18,35H2,1H3,(H,37,39)/b22-17+,29-25-,36-30?/t28-,31+/m1/s1. The predicted octanol–water partition coefficient (Wildman–Crippen LogP) is 6.50. The molecule has 0 radical (unpaired) electrons. The SMILES string of the molecule is Cc1ccc(N=C2/C(=C(\N)C(=O)N[C@H]3c4ccccc4C[C@H]3O)CCCC/C2=C\c2ccc(F)cc2)c(Cl)c1. The molecule has 5 nitrogen and oxygen atoms in total. The van der Waals surface area contributed by atoms with Gasteiger partial charge in [0.1, 0.15) is 11.5 Å². The van der Waals surface area contributed by atoms with Crippen molar-refractivity contribution >= 4 is 35.0 Å². The van der Waals surface area contributed by atoms with Crippen LogP contribution in [-0.2, 0) is 11.2 Å². The Bertz CT molecular complexity index is 1490. The summed E-state index contributed by atoms with van der Waals surface area (Å²) >= 11 is 6.56. The average molecular weight is 544 g/mol. The Balaban J connectivity index is 1.58. The largest absolute Gasteiger partial charge is 0.394 e. The van der Waals surface area contributed by atoms with E-state index < -0.39 is 18.1 Å². The molecule has 1 fully saturated rings. The molecular weight excluding hydrogens is 513 g/mol. The van der Waals surface area contributed by atoms with Gasteiger partial charge in [0.15, 0.2) is 0 Å². The zero-order chi connectivity index (χ0) is 27.5. The number of nitrogens with zero attached hydrogens (tertiary/aromatic N) is 1. The molecule has 1 saturated carbocycles. The van der Waals surface area contributed by atoms with Crippen LogP contribution >= 0.6 is 11.6 Å². The first-order chi connectivity index (χ1) is 18.8. The lowest BCUT2D eigenvalue weighted by molar-refractivity contribution is -0.119. The Kier molecular flexibility index (Phi) is 7.96. The van der Waals surface area contributed by atoms with Gasteiger partial charge in [0.2, 0.25) is 0 Å². The van der Waals surface area contributed by atoms with E-state index in [0.717, 1.165) is 40.7 Å². The van der Waals surface area contributed by atoms with Crippen LogP contribution in [0, 0.1) is 12.7 Å². The Morgan fingerprint density at radius 1 is 1.10 bits per heavy atom. The van der Waals surface area contributed by atoms with Gasteiger partial charge in [-0.25, -0.2) is 9.38 Å². The minimum Gasteiger partial charge on any atom is -0.394 e. The van der Waals surface area contributed by atoms with Gasteiger partial charge in [0, 0.05) is 12.0 Å². The molecule has 0 unspecified atom stereocenters. The number of nitrogens with two attached hydrogens (primary N) is 1. The number of halogens is 2. The zero-order valence-electron chi connectivity index (χ0n) is 21.8. The molecule has 0 saturated heterocycles. The lowest BCUT2D eigenvalue weighted by Gasteiger charge is -2.20. The van der Waals surface area contributed by atoms with Crippen molar-refractivity contribution in [3.63, 3.8) is 0 Å². The number of aryl methyl sites for hydroxylation is 1. The molecule has 3 aromatic rings. The highest BCUT2D eigenvalue weighted by Gasteiger charge is 2.33. The van der Waals surface area contributed by atoms with Gasteiger partial charge < -0.3 is 16.2 Å². The fourth-order valence-corrected chi connectivity index (χ4v) is 5.55. The summed E-state index contributed by atoms with van der Waals surface area (Å²) in [6, 6.07) is 19.0. The van der Waals surface area contributed by atoms with Crippen molar-refractivity contribution in [3.05, 3.63) is 117 Å². The van der Waals surface area contributed by atoms with Crippen molar-refractivity contribution in [2.75, 3.05) is 0 Å². The van der Waals surface area contributed by atoms with Crippen LogP contribution in [0.2, 0.25) is 5.02 Å². The van der Waals surface area contributed by atoms with E-state index in [4.69, 9.17) is 22.3 Å². The first kappa shape index (κ1) is 26.9. The molecule has 2 aliphatic rings. The highest BCUT2D eigenvalue weighted by atomic mass is 35.5. The summed E-state index contributed by atoms with van der Waals surface area (Å²) in [7, 11) is 0. The monoisotopic (exact) mass is 543 g/mol. The normalized spacial score (nSPS) is 22.5. The first-order valence-corrected chi connectivity index (χ1v) is 13.5. The second kappa shape index (κ2) is 11.6. The number of benzene rings is 3. The lowest BCUT2D eigenvalue weighted by Crippen LogP contribution is -2.37. The second-order valence-corrected chi connectivity index (χ2v) is 10.6. The molecule has 5 rings (SSSR count). The van der Waals surface area contributed by atoms with Gasteiger partial charge in [0.05, 0.1) is 28.6 Å². The van der Waals surface area contributed by atoms with E-state index in [2.05, 4.69) is 5.32 Å². The van der Waals surface area contributed by atoms with Crippen LogP contribution in [0.4, 0.5) is 10.1 Å². The van der Waals surface area contributed by atoms with Gasteiger partial charge in [-0.05, 0) is 90.8 Å². The van der Waals surface area contributed by atoms with E-state index >= 15 is 0 Å². The van der Waals surface area contributed by atoms with Crippen LogP contribution in [-0.4, -0.2) is 22.8 Å². The summed E-state index contributed by atoms with van der Waals surface area (Å²) in [6.45, 7) is 1.96. The van der Waals surface area contributed by atoms with Crippen molar-refractivity contribution < 1.29 is 14.3 Å². The van der Waals surface area contributed by atoms with Crippen LogP contribution in [0.5, 0.6) is 0 Å². The van der Waals surface area contributed by atoms with Crippen molar-refractivity contribution in [1.29, 1.82) is 0 Å². The molecule has 0 heterocycles. The first-order valence-electron chi connectivity index (χ1n) is 13.2. The summed E-state index contributed by atoms with van der Waals surface area (Å²) in [5.74, 6) is -0.757. The Labute approximate surface area is 232 Å². The molecule has 4 N–H and O–H groups in total. The molecule has 3 aromatic carbocycles. The average Bonchev–Trinajstić information content (AvgIpc) is 3.10. The number of aliphatic hydroxyl groups excluding tert-OH is 1. The highest BCUT2D eigenvalue weighted by molar-refractivity contribution is 6.33. The number of aliphatic imine (C=N–C) groups is 1. The van der Waals surface area contributed by atoms with E-state index in [1.54, 1.807) is 12.1 Å². The molecule has 1 amide bonds. The van der Waals surface area contributed by atoms with Gasteiger partial charge in [-0.3, -0.25) is 4.79 Å². The number of fused-ring (bicyclic) bond motifs is 1. The fourth-order valence-electron chi connectivity index (χ4n) is 5.28. The van der Waals surface area contributed by atoms with E-state index in [1.807, 2.05) is 55.5 Å². The predicted molar refractivity (Wildman–Crippen MR) is 154 cm³/mol. The maximum absolute atomic E-state index is 13.6. The molecule has 7 heteroatoms. The number of hydrogen-bond donors (Lipinski definition) is 3. The third kappa shape index (κ3) is 5.97. The minimum absolute atomic E-state index is 0.0699. The fraction of sp³-hybridized carbons (Fsp3) is 0.250. The van der Waals surface area contributed by atoms with Crippen molar-refractivity contribution in [2.24, 2.45) is 10.7 Å². The Morgan fingerprint density at radius 3 is 2.62 bits per heavy atom. The zero-order valence-corrected chi connectivity index (χ0v) is 22.5. The summed E-state index contributed by atoms with van der Waals surface area (Å²) < 4.78 is 13.6. The van der Waals surface area contributed by atoms with Gasteiger partial charge in [-0.1, -0.05) is 54.1 Å². The third-order valence-corrected chi connectivity index (χ3v) is 7.62. The van der Waals surface area contributed by atoms with Crippen LogP contribution in [0.1, 0.15) is 54.0 Å².